The Morgan fingerprint density at radius 1 is 1.50 bits per heavy atom. The van der Waals surface area contributed by atoms with E-state index in [2.05, 4.69) is 23.6 Å². The van der Waals surface area contributed by atoms with E-state index in [1.807, 2.05) is 18.4 Å². The predicted octanol–water partition coefficient (Wildman–Crippen LogP) is 1.53. The average Bonchev–Trinajstić information content (AvgIpc) is 2.69. The van der Waals surface area contributed by atoms with Gasteiger partial charge >= 0.3 is 0 Å². The topological polar surface area (TPSA) is 41.1 Å². The van der Waals surface area contributed by atoms with Gasteiger partial charge < -0.3 is 5.32 Å². The summed E-state index contributed by atoms with van der Waals surface area (Å²) in [4.78, 5) is 12.5. The molecule has 0 saturated heterocycles. The minimum atomic E-state index is -0.155. The van der Waals surface area contributed by atoms with Crippen molar-refractivity contribution < 1.29 is 4.79 Å². The molecule has 0 spiro atoms. The van der Waals surface area contributed by atoms with Crippen LogP contribution in [-0.2, 0) is 4.79 Å². The maximum atomic E-state index is 11.2. The summed E-state index contributed by atoms with van der Waals surface area (Å²) in [6.45, 7) is 3.92. The van der Waals surface area contributed by atoms with Gasteiger partial charge in [-0.15, -0.1) is 11.3 Å². The van der Waals surface area contributed by atoms with E-state index in [1.165, 1.54) is 4.88 Å². The lowest BCUT2D eigenvalue weighted by Crippen LogP contribution is -2.41. The molecule has 78 valence electrons. The smallest absolute Gasteiger partial charge is 0.236 e. The fourth-order valence-electron chi connectivity index (χ4n) is 1.29. The van der Waals surface area contributed by atoms with Crippen LogP contribution in [0.15, 0.2) is 17.5 Å². The van der Waals surface area contributed by atoms with E-state index >= 15 is 0 Å². The highest BCUT2D eigenvalue weighted by atomic mass is 32.1. The number of carbonyl (C=O) groups excluding carboxylic acids is 1. The quantitative estimate of drug-likeness (QED) is 0.794. The Bertz CT molecular complexity index is 284. The summed E-state index contributed by atoms with van der Waals surface area (Å²) < 4.78 is 0. The Hall–Kier alpha value is -0.870. The molecule has 0 saturated carbocycles. The predicted molar refractivity (Wildman–Crippen MR) is 59.4 cm³/mol. The third-order valence-corrected chi connectivity index (χ3v) is 3.16. The van der Waals surface area contributed by atoms with Crippen molar-refractivity contribution in [1.82, 2.24) is 10.6 Å². The van der Waals surface area contributed by atoms with Gasteiger partial charge in [0.2, 0.25) is 5.91 Å². The molecule has 4 heteroatoms. The number of rotatable bonds is 4. The fraction of sp³-hybridized carbons (Fsp3) is 0.500. The third-order valence-electron chi connectivity index (χ3n) is 2.11. The number of carbonyl (C=O) groups is 1. The maximum Gasteiger partial charge on any atom is 0.236 e. The van der Waals surface area contributed by atoms with Crippen LogP contribution in [0.4, 0.5) is 0 Å². The Balaban J connectivity index is 2.49. The van der Waals surface area contributed by atoms with Gasteiger partial charge in [0.25, 0.3) is 0 Å². The summed E-state index contributed by atoms with van der Waals surface area (Å²) in [5.74, 6) is 0.0217. The number of nitrogens with one attached hydrogen (secondary N) is 2. The summed E-state index contributed by atoms with van der Waals surface area (Å²) in [5.41, 5.74) is 0. The van der Waals surface area contributed by atoms with Crippen LogP contribution < -0.4 is 10.6 Å². The minimum Gasteiger partial charge on any atom is -0.358 e. The van der Waals surface area contributed by atoms with Gasteiger partial charge in [-0.2, -0.15) is 0 Å². The van der Waals surface area contributed by atoms with Crippen LogP contribution in [0.2, 0.25) is 0 Å². The molecule has 3 nitrogen and oxygen atoms in total. The van der Waals surface area contributed by atoms with Gasteiger partial charge in [0.15, 0.2) is 0 Å². The molecule has 0 bridgehead atoms. The second kappa shape index (κ2) is 5.12. The zero-order valence-electron chi connectivity index (χ0n) is 8.70. The highest BCUT2D eigenvalue weighted by Crippen LogP contribution is 2.18. The average molecular weight is 212 g/mol. The van der Waals surface area contributed by atoms with Crippen LogP contribution in [0, 0.1) is 0 Å². The second-order valence-electron chi connectivity index (χ2n) is 3.24. The maximum absolute atomic E-state index is 11.2. The highest BCUT2D eigenvalue weighted by Gasteiger charge is 2.14. The van der Waals surface area contributed by atoms with Gasteiger partial charge in [0.1, 0.15) is 0 Å². The van der Waals surface area contributed by atoms with Crippen LogP contribution in [0.25, 0.3) is 0 Å². The molecule has 0 radical (unpaired) electrons. The van der Waals surface area contributed by atoms with Crippen LogP contribution in [0.3, 0.4) is 0 Å². The first-order valence-corrected chi connectivity index (χ1v) is 5.54. The Labute approximate surface area is 88.5 Å². The first-order valence-electron chi connectivity index (χ1n) is 4.66. The van der Waals surface area contributed by atoms with Crippen molar-refractivity contribution in [3.8, 4) is 0 Å². The number of thiophene rings is 1. The SMILES string of the molecule is CNC(=O)[C@@H](C)NC(C)c1cccs1. The first-order chi connectivity index (χ1) is 6.65. The summed E-state index contributed by atoms with van der Waals surface area (Å²) >= 11 is 1.70. The van der Waals surface area contributed by atoms with Crippen molar-refractivity contribution in [3.63, 3.8) is 0 Å². The first kappa shape index (κ1) is 11.2. The van der Waals surface area contributed by atoms with Crippen molar-refractivity contribution in [3.05, 3.63) is 22.4 Å². The van der Waals surface area contributed by atoms with Gasteiger partial charge in [-0.3, -0.25) is 10.1 Å². The van der Waals surface area contributed by atoms with E-state index in [-0.39, 0.29) is 18.0 Å². The largest absolute Gasteiger partial charge is 0.358 e. The molecule has 0 aliphatic carbocycles. The number of hydrogen-bond acceptors (Lipinski definition) is 3. The van der Waals surface area contributed by atoms with Crippen LogP contribution >= 0.6 is 11.3 Å². The molecule has 2 N–H and O–H groups in total. The Morgan fingerprint density at radius 2 is 2.21 bits per heavy atom. The second-order valence-corrected chi connectivity index (χ2v) is 4.22. The molecule has 1 heterocycles. The summed E-state index contributed by atoms with van der Waals surface area (Å²) in [7, 11) is 1.65. The normalized spacial score (nSPS) is 14.8. The highest BCUT2D eigenvalue weighted by molar-refractivity contribution is 7.10. The fourth-order valence-corrected chi connectivity index (χ4v) is 2.03. The molecular formula is C10H16N2OS. The van der Waals surface area contributed by atoms with E-state index < -0.39 is 0 Å². The zero-order valence-corrected chi connectivity index (χ0v) is 9.52. The zero-order chi connectivity index (χ0) is 10.6. The number of hydrogen-bond donors (Lipinski definition) is 2. The van der Waals surface area contributed by atoms with Crippen molar-refractivity contribution in [1.29, 1.82) is 0 Å². The molecule has 1 rings (SSSR count). The molecule has 0 fully saturated rings. The molecule has 0 aromatic carbocycles. The number of likely N-dealkylation sites (N-methyl/N-ethyl adjacent to an activating group) is 1. The number of amides is 1. The van der Waals surface area contributed by atoms with E-state index in [0.29, 0.717) is 0 Å². The lowest BCUT2D eigenvalue weighted by Gasteiger charge is -2.17. The summed E-state index contributed by atoms with van der Waals surface area (Å²) in [5, 5.41) is 7.89. The minimum absolute atomic E-state index is 0.0217. The molecule has 0 aliphatic rings. The van der Waals surface area contributed by atoms with E-state index in [4.69, 9.17) is 0 Å². The standard InChI is InChI=1S/C10H16N2OS/c1-7(9-5-4-6-14-9)12-8(2)10(13)11-3/h4-8,12H,1-3H3,(H,11,13)/t7?,8-/m1/s1. The van der Waals surface area contributed by atoms with Gasteiger partial charge in [-0.1, -0.05) is 6.07 Å². The third kappa shape index (κ3) is 2.82. The van der Waals surface area contributed by atoms with Crippen LogP contribution in [-0.4, -0.2) is 19.0 Å². The van der Waals surface area contributed by atoms with Crippen molar-refractivity contribution in [2.45, 2.75) is 25.9 Å². The molecular weight excluding hydrogens is 196 g/mol. The lowest BCUT2D eigenvalue weighted by molar-refractivity contribution is -0.122. The Kier molecular flexibility index (Phi) is 4.10. The molecule has 1 aromatic heterocycles. The summed E-state index contributed by atoms with van der Waals surface area (Å²) in [6.07, 6.45) is 0. The Morgan fingerprint density at radius 3 is 2.71 bits per heavy atom. The summed E-state index contributed by atoms with van der Waals surface area (Å²) in [6, 6.07) is 4.15. The van der Waals surface area contributed by atoms with Crippen LogP contribution in [0.5, 0.6) is 0 Å². The van der Waals surface area contributed by atoms with Gasteiger partial charge in [-0.25, -0.2) is 0 Å². The lowest BCUT2D eigenvalue weighted by atomic mass is 10.2. The van der Waals surface area contributed by atoms with E-state index in [0.717, 1.165) is 0 Å². The van der Waals surface area contributed by atoms with Gasteiger partial charge in [0, 0.05) is 18.0 Å². The van der Waals surface area contributed by atoms with Crippen molar-refractivity contribution in [2.75, 3.05) is 7.05 Å². The monoisotopic (exact) mass is 212 g/mol. The van der Waals surface area contributed by atoms with E-state index in [9.17, 15) is 4.79 Å². The molecule has 1 aromatic rings. The molecule has 14 heavy (non-hydrogen) atoms. The van der Waals surface area contributed by atoms with Crippen molar-refractivity contribution in [2.24, 2.45) is 0 Å². The van der Waals surface area contributed by atoms with Crippen molar-refractivity contribution >= 4 is 17.2 Å². The van der Waals surface area contributed by atoms with Crippen LogP contribution in [0.1, 0.15) is 24.8 Å². The van der Waals surface area contributed by atoms with E-state index in [1.54, 1.807) is 18.4 Å². The molecule has 1 unspecified atom stereocenters. The van der Waals surface area contributed by atoms with Gasteiger partial charge in [0.05, 0.1) is 6.04 Å². The molecule has 2 atom stereocenters. The van der Waals surface area contributed by atoms with Gasteiger partial charge in [-0.05, 0) is 25.3 Å². The molecule has 1 amide bonds. The molecule has 0 aliphatic heterocycles.